The maximum Gasteiger partial charge on any atom is 1.00 e. The van der Waals surface area contributed by atoms with Crippen molar-refractivity contribution in [1.82, 2.24) is 0 Å². The topological polar surface area (TPSA) is 17.1 Å². The van der Waals surface area contributed by atoms with Crippen LogP contribution in [0.5, 0.6) is 0 Å². The predicted octanol–water partition coefficient (Wildman–Crippen LogP) is 0.581. The molecule has 0 unspecified atom stereocenters. The van der Waals surface area contributed by atoms with Crippen LogP contribution in [0.2, 0.25) is 0 Å². The van der Waals surface area contributed by atoms with E-state index in [1.165, 1.54) is 0 Å². The molecule has 0 spiro atoms. The van der Waals surface area contributed by atoms with Crippen LogP contribution in [0.3, 0.4) is 0 Å². The molecule has 0 aliphatic carbocycles. The van der Waals surface area contributed by atoms with E-state index >= 15 is 0 Å². The summed E-state index contributed by atoms with van der Waals surface area (Å²) in [6, 6.07) is 0. The monoisotopic (exact) mass is 200 g/mol. The van der Waals surface area contributed by atoms with Gasteiger partial charge in [0, 0.05) is 0 Å². The molecule has 0 saturated carbocycles. The van der Waals surface area contributed by atoms with Crippen molar-refractivity contribution in [2.45, 2.75) is 0 Å². The fourth-order valence-electron chi connectivity index (χ4n) is 0. The Bertz CT molecular complexity index is 32.6. The quantitative estimate of drug-likeness (QED) is 0.350. The smallest absolute Gasteiger partial charge is 0.731 e. The minimum atomic E-state index is -0.556. The van der Waals surface area contributed by atoms with Crippen molar-refractivity contribution in [2.75, 3.05) is 0 Å². The van der Waals surface area contributed by atoms with Crippen molar-refractivity contribution in [3.8, 4) is 0 Å². The summed E-state index contributed by atoms with van der Waals surface area (Å²) in [7, 11) is 0. The summed E-state index contributed by atoms with van der Waals surface area (Å²) >= 11 is 6.99. The Morgan fingerprint density at radius 2 is 1.80 bits per heavy atom. The fourth-order valence-corrected chi connectivity index (χ4v) is 0. The van der Waals surface area contributed by atoms with Gasteiger partial charge in [-0.1, -0.05) is 0 Å². The van der Waals surface area contributed by atoms with Gasteiger partial charge in [-0.2, -0.15) is 0 Å². The second-order valence-electron chi connectivity index (χ2n) is 0.266. The Morgan fingerprint density at radius 1 is 1.80 bits per heavy atom. The number of rotatable bonds is 0. The zero-order chi connectivity index (χ0) is 3.58. The first-order chi connectivity index (χ1) is 1.73. The minimum Gasteiger partial charge on any atom is -0.731 e. The average molecular weight is 201 g/mol. The molecule has 0 N–H and O–H groups in total. The standard InChI is InChI=1S/CH2OS2.Ag/c2-1(3)4;/h(H2,2,3,4);/q;+1/p-1. The third-order valence-electron chi connectivity index (χ3n) is 0. The van der Waals surface area contributed by atoms with Gasteiger partial charge in [-0.3, -0.25) is 0 Å². The summed E-state index contributed by atoms with van der Waals surface area (Å²) in [5.74, 6) is 0. The van der Waals surface area contributed by atoms with Crippen LogP contribution in [0.15, 0.2) is 0 Å². The van der Waals surface area contributed by atoms with E-state index in [-0.39, 0.29) is 22.4 Å². The van der Waals surface area contributed by atoms with E-state index in [1.54, 1.807) is 0 Å². The predicted molar refractivity (Wildman–Crippen MR) is 21.7 cm³/mol. The third kappa shape index (κ3) is 46.0. The van der Waals surface area contributed by atoms with Gasteiger partial charge < -0.3 is 17.4 Å². The van der Waals surface area contributed by atoms with Gasteiger partial charge in [0.15, 0.2) is 0 Å². The molecule has 4 heteroatoms. The average Bonchev–Trinajstić information content (AvgIpc) is 0.811. The van der Waals surface area contributed by atoms with Crippen molar-refractivity contribution in [1.29, 1.82) is 0 Å². The zero-order valence-electron chi connectivity index (χ0n) is 2.07. The molecule has 34 valence electrons. The molecule has 0 amide bonds. The molecule has 0 aromatic heterocycles. The summed E-state index contributed by atoms with van der Waals surface area (Å²) in [5, 5.41) is 0. The minimum absolute atomic E-state index is 0. The van der Waals surface area contributed by atoms with E-state index in [2.05, 4.69) is 25.3 Å². The molecule has 0 fully saturated rings. The second-order valence-corrected chi connectivity index (χ2v) is 1.35. The van der Waals surface area contributed by atoms with Gasteiger partial charge >= 0.3 is 22.4 Å². The van der Waals surface area contributed by atoms with Crippen molar-refractivity contribution in [2.24, 2.45) is 0 Å². The summed E-state index contributed by atoms with van der Waals surface area (Å²) in [5.41, 5.74) is 0. The molecule has 0 saturated heterocycles. The first-order valence-electron chi connectivity index (χ1n) is 0.632. The first-order valence-corrected chi connectivity index (χ1v) is 1.49. The van der Waals surface area contributed by atoms with Crippen LogP contribution in [0.1, 0.15) is 0 Å². The Morgan fingerprint density at radius 3 is 1.80 bits per heavy atom. The normalized spacial score (nSPS) is 5.00. The SMILES string of the molecule is O=C([S-])S.[Ag+]. The number of carbonyl (C=O) groups excluding carboxylic acids is 1. The number of thiol groups is 1. The summed E-state index contributed by atoms with van der Waals surface area (Å²) < 4.78 is -0.556. The van der Waals surface area contributed by atoms with E-state index in [4.69, 9.17) is 4.79 Å². The Balaban J connectivity index is 0. The molecule has 0 rings (SSSR count). The van der Waals surface area contributed by atoms with Gasteiger partial charge in [-0.15, -0.1) is 12.6 Å². The molecule has 0 aromatic carbocycles. The first kappa shape index (κ1) is 9.36. The number of hydrogen-bond donors (Lipinski definition) is 1. The van der Waals surface area contributed by atoms with Crippen LogP contribution in [-0.2, 0) is 35.0 Å². The van der Waals surface area contributed by atoms with E-state index < -0.39 is 4.45 Å². The second kappa shape index (κ2) is 4.98. The van der Waals surface area contributed by atoms with Crippen LogP contribution >= 0.6 is 12.6 Å². The van der Waals surface area contributed by atoms with E-state index in [0.29, 0.717) is 0 Å². The summed E-state index contributed by atoms with van der Waals surface area (Å²) in [6.45, 7) is 0. The maximum absolute atomic E-state index is 9.12. The van der Waals surface area contributed by atoms with E-state index in [0.717, 1.165) is 0 Å². The largest absolute Gasteiger partial charge is 1.00 e. The van der Waals surface area contributed by atoms with Crippen LogP contribution in [-0.4, -0.2) is 4.45 Å². The van der Waals surface area contributed by atoms with Gasteiger partial charge in [-0.05, 0) is 0 Å². The fraction of sp³-hybridized carbons (Fsp3) is 0. The molecular weight excluding hydrogens is 200 g/mol. The molecule has 1 nitrogen and oxygen atoms in total. The molecule has 0 bridgehead atoms. The Hall–Kier alpha value is 0.980. The molecule has 0 aliphatic heterocycles. The van der Waals surface area contributed by atoms with Gasteiger partial charge in [-0.25, -0.2) is 0 Å². The van der Waals surface area contributed by atoms with Gasteiger partial charge in [0.1, 0.15) is 0 Å². The molecular formula is CHAgOS2. The number of carbonyl (C=O) groups is 1. The molecule has 5 heavy (non-hydrogen) atoms. The molecule has 0 heterocycles. The number of hydrogen-bond acceptors (Lipinski definition) is 2. The van der Waals surface area contributed by atoms with Crippen LogP contribution in [0, 0.1) is 0 Å². The van der Waals surface area contributed by atoms with Crippen molar-refractivity contribution >= 4 is 29.7 Å². The van der Waals surface area contributed by atoms with Crippen molar-refractivity contribution < 1.29 is 27.2 Å². The van der Waals surface area contributed by atoms with Crippen molar-refractivity contribution in [3.63, 3.8) is 0 Å². The Labute approximate surface area is 56.8 Å². The van der Waals surface area contributed by atoms with Gasteiger partial charge in [0.2, 0.25) is 0 Å². The van der Waals surface area contributed by atoms with Crippen LogP contribution in [0.25, 0.3) is 0 Å². The van der Waals surface area contributed by atoms with Gasteiger partial charge in [0.25, 0.3) is 0 Å². The molecule has 0 radical (unpaired) electrons. The molecule has 0 atom stereocenters. The van der Waals surface area contributed by atoms with E-state index in [9.17, 15) is 0 Å². The van der Waals surface area contributed by atoms with E-state index in [1.807, 2.05) is 0 Å². The summed E-state index contributed by atoms with van der Waals surface area (Å²) in [6.07, 6.45) is 0. The third-order valence-corrected chi connectivity index (χ3v) is 0. The van der Waals surface area contributed by atoms with Crippen LogP contribution < -0.4 is 0 Å². The molecule has 0 aromatic rings. The molecule has 0 aliphatic rings. The summed E-state index contributed by atoms with van der Waals surface area (Å²) in [4.78, 5) is 9.12. The van der Waals surface area contributed by atoms with Gasteiger partial charge in [0.05, 0.1) is 4.45 Å². The Kier molecular flexibility index (Phi) is 9.33. The van der Waals surface area contributed by atoms with Crippen molar-refractivity contribution in [3.05, 3.63) is 0 Å². The maximum atomic E-state index is 9.12. The van der Waals surface area contributed by atoms with Crippen LogP contribution in [0.4, 0.5) is 4.79 Å². The zero-order valence-corrected chi connectivity index (χ0v) is 5.26.